The fourth-order valence-corrected chi connectivity index (χ4v) is 3.09. The van der Waals surface area contributed by atoms with Gasteiger partial charge in [0.05, 0.1) is 18.0 Å². The third-order valence-corrected chi connectivity index (χ3v) is 4.82. The third kappa shape index (κ3) is 4.75. The Morgan fingerprint density at radius 3 is 2.45 bits per heavy atom. The summed E-state index contributed by atoms with van der Waals surface area (Å²) in [6.07, 6.45) is 2.39. The predicted octanol–water partition coefficient (Wildman–Crippen LogP) is 3.82. The molecule has 0 fully saturated rings. The normalized spacial score (nSPS) is 11.1. The maximum atomic E-state index is 13.0. The van der Waals surface area contributed by atoms with E-state index in [1.165, 1.54) is 10.8 Å². The zero-order valence-corrected chi connectivity index (χ0v) is 17.8. The molecule has 0 saturated heterocycles. The highest BCUT2D eigenvalue weighted by molar-refractivity contribution is 6.09. The van der Waals surface area contributed by atoms with E-state index < -0.39 is 5.91 Å². The topological polar surface area (TPSA) is 89.0 Å². The van der Waals surface area contributed by atoms with Crippen molar-refractivity contribution in [1.29, 1.82) is 5.26 Å². The van der Waals surface area contributed by atoms with Crippen LogP contribution in [0.3, 0.4) is 0 Å². The second kappa shape index (κ2) is 9.63. The molecule has 1 amide bonds. The summed E-state index contributed by atoms with van der Waals surface area (Å²) >= 11 is 0. The zero-order valence-electron chi connectivity index (χ0n) is 17.8. The van der Waals surface area contributed by atoms with Crippen molar-refractivity contribution in [3.63, 3.8) is 0 Å². The molecule has 7 heteroatoms. The van der Waals surface area contributed by atoms with Gasteiger partial charge in [-0.15, -0.1) is 0 Å². The van der Waals surface area contributed by atoms with Crippen molar-refractivity contribution >= 4 is 17.7 Å². The van der Waals surface area contributed by atoms with Crippen molar-refractivity contribution in [2.45, 2.75) is 20.3 Å². The van der Waals surface area contributed by atoms with Gasteiger partial charge in [-0.3, -0.25) is 14.3 Å². The summed E-state index contributed by atoms with van der Waals surface area (Å²) in [5.41, 5.74) is 1.62. The van der Waals surface area contributed by atoms with E-state index >= 15 is 0 Å². The highest BCUT2D eigenvalue weighted by Gasteiger charge is 2.19. The van der Waals surface area contributed by atoms with Crippen LogP contribution in [0.5, 0.6) is 5.75 Å². The molecule has 3 rings (SSSR count). The van der Waals surface area contributed by atoms with Gasteiger partial charge in [-0.1, -0.05) is 37.3 Å². The van der Waals surface area contributed by atoms with E-state index in [0.29, 0.717) is 23.6 Å². The largest absolute Gasteiger partial charge is 0.494 e. The minimum atomic E-state index is -0.639. The van der Waals surface area contributed by atoms with E-state index in [2.05, 4.69) is 5.32 Å². The standard InChI is InChI=1S/C24H24N4O3/c1-4-14-31-21-12-10-18(11-13-21)15-19(16-25)23(29)26-22-17(2)27(3)28(24(22)30)20-8-6-5-7-9-20/h5-13,15H,4,14H2,1-3H3,(H,26,29)/b19-15-. The molecule has 158 valence electrons. The van der Waals surface area contributed by atoms with Gasteiger partial charge >= 0.3 is 0 Å². The van der Waals surface area contributed by atoms with E-state index in [1.807, 2.05) is 31.2 Å². The van der Waals surface area contributed by atoms with Crippen LogP contribution in [0.2, 0.25) is 0 Å². The van der Waals surface area contributed by atoms with Crippen LogP contribution in [0.1, 0.15) is 24.6 Å². The first-order valence-electron chi connectivity index (χ1n) is 9.96. The van der Waals surface area contributed by atoms with Crippen molar-refractivity contribution in [2.75, 3.05) is 11.9 Å². The van der Waals surface area contributed by atoms with Crippen LogP contribution in [0.25, 0.3) is 11.8 Å². The van der Waals surface area contributed by atoms with Crippen LogP contribution in [0.15, 0.2) is 65.0 Å². The lowest BCUT2D eigenvalue weighted by Crippen LogP contribution is -2.23. The fraction of sp³-hybridized carbons (Fsp3) is 0.208. The SMILES string of the molecule is CCCOc1ccc(/C=C(/C#N)C(=O)Nc2c(C)n(C)n(-c3ccccc3)c2=O)cc1. The quantitative estimate of drug-likeness (QED) is 0.468. The summed E-state index contributed by atoms with van der Waals surface area (Å²) in [7, 11) is 1.74. The molecule has 3 aromatic rings. The molecular weight excluding hydrogens is 392 g/mol. The number of benzene rings is 2. The number of hydrogen-bond donors (Lipinski definition) is 1. The van der Waals surface area contributed by atoms with E-state index in [4.69, 9.17) is 4.74 Å². The maximum absolute atomic E-state index is 13.0. The summed E-state index contributed by atoms with van der Waals surface area (Å²) in [5.74, 6) is 0.0863. The number of aromatic nitrogens is 2. The zero-order chi connectivity index (χ0) is 22.4. The Balaban J connectivity index is 1.86. The number of carbonyl (C=O) groups is 1. The molecule has 0 saturated carbocycles. The number of para-hydroxylation sites is 1. The van der Waals surface area contributed by atoms with E-state index in [0.717, 1.165) is 12.2 Å². The Morgan fingerprint density at radius 1 is 1.16 bits per heavy atom. The molecule has 31 heavy (non-hydrogen) atoms. The Labute approximate surface area is 180 Å². The average Bonchev–Trinajstić information content (AvgIpc) is 3.00. The number of rotatable bonds is 7. The van der Waals surface area contributed by atoms with Crippen LogP contribution < -0.4 is 15.6 Å². The first-order chi connectivity index (χ1) is 15.0. The number of nitriles is 1. The fourth-order valence-electron chi connectivity index (χ4n) is 3.09. The van der Waals surface area contributed by atoms with Crippen molar-refractivity contribution in [2.24, 2.45) is 7.05 Å². The van der Waals surface area contributed by atoms with Gasteiger partial charge in [0.15, 0.2) is 0 Å². The molecule has 0 atom stereocenters. The summed E-state index contributed by atoms with van der Waals surface area (Å²) in [6.45, 7) is 4.39. The van der Waals surface area contributed by atoms with Crippen molar-refractivity contribution < 1.29 is 9.53 Å². The molecule has 1 N–H and O–H groups in total. The number of nitrogens with zero attached hydrogens (tertiary/aromatic N) is 3. The van der Waals surface area contributed by atoms with Gasteiger partial charge in [-0.05, 0) is 49.2 Å². The lowest BCUT2D eigenvalue weighted by Gasteiger charge is -2.07. The van der Waals surface area contributed by atoms with Gasteiger partial charge in [0.1, 0.15) is 23.1 Å². The summed E-state index contributed by atoms with van der Waals surface area (Å²) in [5, 5.41) is 12.1. The number of carbonyl (C=O) groups excluding carboxylic acids is 1. The number of amides is 1. The molecule has 0 radical (unpaired) electrons. The summed E-state index contributed by atoms with van der Waals surface area (Å²) < 4.78 is 8.67. The molecule has 0 bridgehead atoms. The molecule has 0 aliphatic carbocycles. The molecule has 0 spiro atoms. The van der Waals surface area contributed by atoms with Crippen molar-refractivity contribution in [3.05, 3.63) is 81.8 Å². The number of nitrogens with one attached hydrogen (secondary N) is 1. The van der Waals surface area contributed by atoms with Crippen LogP contribution in [-0.2, 0) is 11.8 Å². The predicted molar refractivity (Wildman–Crippen MR) is 120 cm³/mol. The molecule has 0 aliphatic heterocycles. The Hall–Kier alpha value is -4.05. The second-order valence-corrected chi connectivity index (χ2v) is 6.98. The molecule has 1 heterocycles. The third-order valence-electron chi connectivity index (χ3n) is 4.82. The first-order valence-corrected chi connectivity index (χ1v) is 9.96. The summed E-state index contributed by atoms with van der Waals surface area (Å²) in [6, 6.07) is 18.2. The Bertz CT molecular complexity index is 1200. The molecule has 7 nitrogen and oxygen atoms in total. The van der Waals surface area contributed by atoms with Crippen LogP contribution in [0.4, 0.5) is 5.69 Å². The van der Waals surface area contributed by atoms with Gasteiger partial charge < -0.3 is 10.1 Å². The van der Waals surface area contributed by atoms with Crippen LogP contribution in [0, 0.1) is 18.3 Å². The lowest BCUT2D eigenvalue weighted by atomic mass is 10.1. The highest BCUT2D eigenvalue weighted by atomic mass is 16.5. The number of hydrogen-bond acceptors (Lipinski definition) is 4. The van der Waals surface area contributed by atoms with Gasteiger partial charge in [0.2, 0.25) is 0 Å². The average molecular weight is 416 g/mol. The van der Waals surface area contributed by atoms with Crippen LogP contribution in [-0.4, -0.2) is 21.9 Å². The second-order valence-electron chi connectivity index (χ2n) is 6.98. The highest BCUT2D eigenvalue weighted by Crippen LogP contribution is 2.17. The van der Waals surface area contributed by atoms with Crippen LogP contribution >= 0.6 is 0 Å². The van der Waals surface area contributed by atoms with Gasteiger partial charge in [0.25, 0.3) is 11.5 Å². The van der Waals surface area contributed by atoms with E-state index in [9.17, 15) is 14.9 Å². The molecule has 0 unspecified atom stereocenters. The molecular formula is C24H24N4O3. The number of anilines is 1. The lowest BCUT2D eigenvalue weighted by molar-refractivity contribution is -0.112. The minimum Gasteiger partial charge on any atom is -0.494 e. The molecule has 0 aliphatic rings. The minimum absolute atomic E-state index is 0.101. The van der Waals surface area contributed by atoms with Crippen molar-refractivity contribution in [3.8, 4) is 17.5 Å². The van der Waals surface area contributed by atoms with Crippen molar-refractivity contribution in [1.82, 2.24) is 9.36 Å². The number of ether oxygens (including phenoxy) is 1. The smallest absolute Gasteiger partial charge is 0.295 e. The Morgan fingerprint density at radius 2 is 1.84 bits per heavy atom. The van der Waals surface area contributed by atoms with Gasteiger partial charge in [0, 0.05) is 7.05 Å². The van der Waals surface area contributed by atoms with Gasteiger partial charge in [-0.25, -0.2) is 4.68 Å². The van der Waals surface area contributed by atoms with E-state index in [-0.39, 0.29) is 16.8 Å². The molecule has 1 aromatic heterocycles. The maximum Gasteiger partial charge on any atom is 0.295 e. The van der Waals surface area contributed by atoms with E-state index in [1.54, 1.807) is 55.1 Å². The monoisotopic (exact) mass is 416 g/mol. The molecule has 2 aromatic carbocycles. The Kier molecular flexibility index (Phi) is 6.73. The first kappa shape index (κ1) is 21.7. The van der Waals surface area contributed by atoms with Gasteiger partial charge in [-0.2, -0.15) is 5.26 Å². The summed E-state index contributed by atoms with van der Waals surface area (Å²) in [4.78, 5) is 25.7.